The third kappa shape index (κ3) is 1.52. The van der Waals surface area contributed by atoms with Crippen molar-refractivity contribution >= 4 is 45.8 Å². The van der Waals surface area contributed by atoms with Crippen molar-refractivity contribution in [3.63, 3.8) is 0 Å². The van der Waals surface area contributed by atoms with Crippen molar-refractivity contribution in [2.75, 3.05) is 0 Å². The summed E-state index contributed by atoms with van der Waals surface area (Å²) in [6, 6.07) is 0. The van der Waals surface area contributed by atoms with Gasteiger partial charge in [0, 0.05) is 0 Å². The largest absolute Gasteiger partial charge is 0.202 e. The number of rotatable bonds is 0. The molecule has 0 aromatic heterocycles. The van der Waals surface area contributed by atoms with Crippen LogP contribution in [0.4, 0.5) is 13.2 Å². The minimum absolute atomic E-state index is 0.224. The zero-order valence-electron chi connectivity index (χ0n) is 5.27. The van der Waals surface area contributed by atoms with Crippen molar-refractivity contribution in [3.8, 4) is 0 Å². The summed E-state index contributed by atoms with van der Waals surface area (Å²) in [5.74, 6) is -4.38. The lowest BCUT2D eigenvalue weighted by Crippen LogP contribution is -1.96. The first-order chi connectivity index (χ1) is 5.46. The van der Waals surface area contributed by atoms with E-state index in [1.165, 1.54) is 22.6 Å². The quantitative estimate of drug-likeness (QED) is 0.384. The summed E-state index contributed by atoms with van der Waals surface area (Å²) < 4.78 is 37.6. The van der Waals surface area contributed by atoms with Gasteiger partial charge in [0.05, 0.1) is 13.6 Å². The van der Waals surface area contributed by atoms with Gasteiger partial charge in [-0.1, -0.05) is 23.2 Å². The Balaban J connectivity index is 3.60. The third-order valence-corrected chi connectivity index (χ3v) is 3.32. The topological polar surface area (TPSA) is 0 Å². The number of hydrogen-bond acceptors (Lipinski definition) is 0. The van der Waals surface area contributed by atoms with Crippen LogP contribution in [0.5, 0.6) is 0 Å². The number of halogens is 6. The van der Waals surface area contributed by atoms with Gasteiger partial charge in [0.15, 0.2) is 17.5 Å². The lowest BCUT2D eigenvalue weighted by atomic mass is 10.3. The molecule has 66 valence electrons. The van der Waals surface area contributed by atoms with Crippen LogP contribution >= 0.6 is 45.8 Å². The van der Waals surface area contributed by atoms with Crippen LogP contribution in [0.2, 0.25) is 10.0 Å². The second-order valence-electron chi connectivity index (χ2n) is 1.88. The molecule has 0 amide bonds. The average Bonchev–Trinajstić information content (AvgIpc) is 2.08. The fraction of sp³-hybridized carbons (Fsp3) is 0. The van der Waals surface area contributed by atoms with Crippen LogP contribution in [0.1, 0.15) is 0 Å². The minimum Gasteiger partial charge on any atom is -0.202 e. The van der Waals surface area contributed by atoms with Crippen molar-refractivity contribution in [1.29, 1.82) is 0 Å². The van der Waals surface area contributed by atoms with Gasteiger partial charge in [-0.25, -0.2) is 13.2 Å². The van der Waals surface area contributed by atoms with Crippen molar-refractivity contribution in [3.05, 3.63) is 31.1 Å². The van der Waals surface area contributed by atoms with Gasteiger partial charge in [0.25, 0.3) is 0 Å². The van der Waals surface area contributed by atoms with Gasteiger partial charge >= 0.3 is 0 Å². The molecule has 0 aliphatic carbocycles. The summed E-state index contributed by atoms with van der Waals surface area (Å²) >= 11 is 12.1. The van der Waals surface area contributed by atoms with Crippen LogP contribution in [0, 0.1) is 21.0 Å². The lowest BCUT2D eigenvalue weighted by molar-refractivity contribution is 0.444. The Labute approximate surface area is 89.8 Å². The Morgan fingerprint density at radius 2 is 1.33 bits per heavy atom. The summed E-state index contributed by atoms with van der Waals surface area (Å²) in [6.07, 6.45) is 0. The van der Waals surface area contributed by atoms with Crippen molar-refractivity contribution < 1.29 is 13.2 Å². The molecule has 0 bridgehead atoms. The highest BCUT2D eigenvalue weighted by Gasteiger charge is 2.21. The van der Waals surface area contributed by atoms with Crippen LogP contribution in [0.25, 0.3) is 0 Å². The SMILES string of the molecule is Fc1c(F)c(Cl)c(Cl)c(I)c1F. The van der Waals surface area contributed by atoms with Gasteiger partial charge in [0.2, 0.25) is 0 Å². The van der Waals surface area contributed by atoms with E-state index in [9.17, 15) is 13.2 Å². The van der Waals surface area contributed by atoms with Gasteiger partial charge in [-0.05, 0) is 22.6 Å². The maximum absolute atomic E-state index is 12.7. The van der Waals surface area contributed by atoms with E-state index in [1.54, 1.807) is 0 Å². The van der Waals surface area contributed by atoms with E-state index in [0.29, 0.717) is 0 Å². The highest BCUT2D eigenvalue weighted by molar-refractivity contribution is 14.1. The zero-order chi connectivity index (χ0) is 9.46. The predicted octanol–water partition coefficient (Wildman–Crippen LogP) is 4.02. The van der Waals surface area contributed by atoms with Crippen molar-refractivity contribution in [2.24, 2.45) is 0 Å². The zero-order valence-corrected chi connectivity index (χ0v) is 8.94. The van der Waals surface area contributed by atoms with Crippen molar-refractivity contribution in [1.82, 2.24) is 0 Å². The van der Waals surface area contributed by atoms with Crippen LogP contribution in [-0.4, -0.2) is 0 Å². The monoisotopic (exact) mass is 326 g/mol. The number of benzene rings is 1. The Hall–Kier alpha value is 0.320. The minimum atomic E-state index is -1.60. The van der Waals surface area contributed by atoms with E-state index in [0.717, 1.165) is 0 Å². The Morgan fingerprint density at radius 1 is 0.833 bits per heavy atom. The lowest BCUT2D eigenvalue weighted by Gasteiger charge is -2.03. The highest BCUT2D eigenvalue weighted by Crippen LogP contribution is 2.33. The van der Waals surface area contributed by atoms with Crippen LogP contribution in [0.15, 0.2) is 0 Å². The molecule has 0 fully saturated rings. The fourth-order valence-electron chi connectivity index (χ4n) is 0.578. The van der Waals surface area contributed by atoms with E-state index >= 15 is 0 Å². The summed E-state index contributed by atoms with van der Waals surface area (Å²) in [4.78, 5) is 0. The van der Waals surface area contributed by atoms with Crippen molar-refractivity contribution in [2.45, 2.75) is 0 Å². The fourth-order valence-corrected chi connectivity index (χ4v) is 1.59. The van der Waals surface area contributed by atoms with Gasteiger partial charge in [-0.2, -0.15) is 0 Å². The molecule has 0 radical (unpaired) electrons. The molecular formula is C6Cl2F3I. The molecule has 6 heteroatoms. The molecule has 0 saturated heterocycles. The van der Waals surface area contributed by atoms with E-state index in [2.05, 4.69) is 0 Å². The van der Waals surface area contributed by atoms with E-state index in [1.807, 2.05) is 0 Å². The third-order valence-electron chi connectivity index (χ3n) is 1.16. The molecule has 0 aliphatic heterocycles. The summed E-state index contributed by atoms with van der Waals surface area (Å²) in [6.45, 7) is 0. The molecule has 12 heavy (non-hydrogen) atoms. The molecule has 0 unspecified atom stereocenters. The van der Waals surface area contributed by atoms with E-state index in [-0.39, 0.29) is 8.59 Å². The molecule has 0 atom stereocenters. The predicted molar refractivity (Wildman–Crippen MR) is 49.1 cm³/mol. The van der Waals surface area contributed by atoms with E-state index < -0.39 is 22.5 Å². The molecule has 1 aromatic carbocycles. The average molecular weight is 327 g/mol. The van der Waals surface area contributed by atoms with Gasteiger partial charge in [0.1, 0.15) is 0 Å². The molecule has 0 nitrogen and oxygen atoms in total. The molecule has 0 spiro atoms. The Morgan fingerprint density at radius 3 is 1.83 bits per heavy atom. The smallest absolute Gasteiger partial charge is 0.197 e. The van der Waals surface area contributed by atoms with Gasteiger partial charge in [-0.15, -0.1) is 0 Å². The van der Waals surface area contributed by atoms with Crippen LogP contribution < -0.4 is 0 Å². The maximum atomic E-state index is 12.7. The Kier molecular flexibility index (Phi) is 3.11. The first-order valence-corrected chi connectivity index (χ1v) is 4.47. The standard InChI is InChI=1S/C6Cl2F3I/c7-1-2(8)6(12)5(11)4(10)3(1)9. The second kappa shape index (κ2) is 3.59. The summed E-state index contributed by atoms with van der Waals surface area (Å²) in [7, 11) is 0. The van der Waals surface area contributed by atoms with Gasteiger partial charge in [-0.3, -0.25) is 0 Å². The molecular weight excluding hydrogens is 327 g/mol. The first kappa shape index (κ1) is 10.4. The second-order valence-corrected chi connectivity index (χ2v) is 3.72. The summed E-state index contributed by atoms with van der Waals surface area (Å²) in [5.41, 5.74) is 0. The normalized spacial score (nSPS) is 10.5. The molecule has 0 saturated carbocycles. The summed E-state index contributed by atoms with van der Waals surface area (Å²) in [5, 5.41) is -0.909. The number of hydrogen-bond donors (Lipinski definition) is 0. The molecule has 0 aliphatic rings. The van der Waals surface area contributed by atoms with Gasteiger partial charge < -0.3 is 0 Å². The highest BCUT2D eigenvalue weighted by atomic mass is 127. The Bertz CT molecular complexity index is 235. The first-order valence-electron chi connectivity index (χ1n) is 2.63. The van der Waals surface area contributed by atoms with Crippen LogP contribution in [0.3, 0.4) is 0 Å². The van der Waals surface area contributed by atoms with Crippen LogP contribution in [-0.2, 0) is 0 Å². The molecule has 1 rings (SSSR count). The maximum Gasteiger partial charge on any atom is 0.197 e. The molecule has 1 aromatic rings. The molecule has 0 N–H and O–H groups in total. The van der Waals surface area contributed by atoms with E-state index in [4.69, 9.17) is 23.2 Å². The molecule has 0 heterocycles.